The Morgan fingerprint density at radius 1 is 0.977 bits per heavy atom. The summed E-state index contributed by atoms with van der Waals surface area (Å²) in [5, 5.41) is 14.8. The molecule has 0 aliphatic carbocycles. The van der Waals surface area contributed by atoms with Crippen molar-refractivity contribution < 1.29 is 33.8 Å². The molecule has 1 saturated heterocycles. The number of hydrogen-bond donors (Lipinski definition) is 3. The fraction of sp³-hybridized carbons (Fsp3) is 0.469. The number of ether oxygens (including phenoxy) is 1. The molecule has 0 atom stereocenters. The number of nitrogens with one attached hydrogen (secondary N) is 2. The summed E-state index contributed by atoms with van der Waals surface area (Å²) < 4.78 is 5.47. The number of urea groups is 1. The van der Waals surface area contributed by atoms with E-state index in [2.05, 4.69) is 10.6 Å². The molecule has 5 amide bonds. The van der Waals surface area contributed by atoms with Crippen molar-refractivity contribution in [2.45, 2.75) is 52.4 Å². The number of methoxy groups -OCH3 is 1. The van der Waals surface area contributed by atoms with E-state index in [4.69, 9.17) is 4.74 Å². The Labute approximate surface area is 258 Å². The van der Waals surface area contributed by atoms with Crippen LogP contribution in [-0.2, 0) is 25.6 Å². The number of carbonyl (C=O) groups excluding carboxylic acids is 4. The predicted octanol–water partition coefficient (Wildman–Crippen LogP) is 3.74. The van der Waals surface area contributed by atoms with E-state index in [0.29, 0.717) is 68.1 Å². The fourth-order valence-corrected chi connectivity index (χ4v) is 5.03. The number of hydrogen-bond acceptors (Lipinski definition) is 6. The van der Waals surface area contributed by atoms with E-state index < -0.39 is 12.0 Å². The van der Waals surface area contributed by atoms with E-state index >= 15 is 0 Å². The van der Waals surface area contributed by atoms with E-state index in [0.717, 1.165) is 12.0 Å². The third kappa shape index (κ3) is 10.3. The number of para-hydroxylation sites is 1. The number of carboxylic acids is 1. The first-order valence-electron chi connectivity index (χ1n) is 15.0. The second-order valence-corrected chi connectivity index (χ2v) is 10.8. The molecule has 2 aromatic rings. The van der Waals surface area contributed by atoms with Crippen LogP contribution in [0.15, 0.2) is 42.5 Å². The van der Waals surface area contributed by atoms with E-state index in [1.165, 1.54) is 16.9 Å². The van der Waals surface area contributed by atoms with Crippen molar-refractivity contribution in [1.82, 2.24) is 14.7 Å². The molecule has 0 radical (unpaired) electrons. The molecular formula is C32H43N5O7. The zero-order valence-electron chi connectivity index (χ0n) is 25.8. The Bertz CT molecular complexity index is 1330. The van der Waals surface area contributed by atoms with Gasteiger partial charge in [0.05, 0.1) is 32.2 Å². The minimum absolute atomic E-state index is 0.00548. The second kappa shape index (κ2) is 16.9. The van der Waals surface area contributed by atoms with Gasteiger partial charge in [0, 0.05) is 44.8 Å². The summed E-state index contributed by atoms with van der Waals surface area (Å²) in [5.41, 5.74) is 2.67. The topological polar surface area (TPSA) is 149 Å². The maximum atomic E-state index is 13.3. The lowest BCUT2D eigenvalue weighted by Crippen LogP contribution is -2.45. The van der Waals surface area contributed by atoms with Gasteiger partial charge in [0.25, 0.3) is 0 Å². The van der Waals surface area contributed by atoms with E-state index in [1.807, 2.05) is 32.0 Å². The van der Waals surface area contributed by atoms with Gasteiger partial charge in [-0.3, -0.25) is 19.2 Å². The molecule has 0 bridgehead atoms. The zero-order chi connectivity index (χ0) is 32.1. The Hall–Kier alpha value is -4.61. The molecule has 0 spiro atoms. The largest absolute Gasteiger partial charge is 0.495 e. The molecular weight excluding hydrogens is 566 g/mol. The molecule has 1 aliphatic heterocycles. The molecule has 2 aromatic carbocycles. The molecule has 12 heteroatoms. The Kier molecular flexibility index (Phi) is 13.0. The van der Waals surface area contributed by atoms with Crippen LogP contribution >= 0.6 is 0 Å². The highest BCUT2D eigenvalue weighted by molar-refractivity contribution is 6.01. The van der Waals surface area contributed by atoms with Crippen LogP contribution in [0, 0.1) is 6.92 Å². The van der Waals surface area contributed by atoms with Gasteiger partial charge < -0.3 is 35.2 Å². The minimum Gasteiger partial charge on any atom is -0.495 e. The molecule has 1 fully saturated rings. The van der Waals surface area contributed by atoms with Gasteiger partial charge in [0.1, 0.15) is 5.75 Å². The monoisotopic (exact) mass is 609 g/mol. The average Bonchev–Trinajstić information content (AvgIpc) is 3.40. The smallest absolute Gasteiger partial charge is 0.323 e. The lowest BCUT2D eigenvalue weighted by Gasteiger charge is -2.28. The molecule has 12 nitrogen and oxygen atoms in total. The van der Waals surface area contributed by atoms with Crippen molar-refractivity contribution in [2.24, 2.45) is 0 Å². The van der Waals surface area contributed by atoms with Gasteiger partial charge in [-0.25, -0.2) is 4.79 Å². The Balaban J connectivity index is 1.62. The first kappa shape index (κ1) is 33.9. The lowest BCUT2D eigenvalue weighted by atomic mass is 10.1. The van der Waals surface area contributed by atoms with Crippen LogP contribution in [0.1, 0.15) is 50.2 Å². The van der Waals surface area contributed by atoms with Gasteiger partial charge in [-0.2, -0.15) is 0 Å². The van der Waals surface area contributed by atoms with Crippen molar-refractivity contribution in [1.29, 1.82) is 0 Å². The number of likely N-dealkylation sites (tertiary alicyclic amines) is 1. The second-order valence-electron chi connectivity index (χ2n) is 10.8. The van der Waals surface area contributed by atoms with Crippen LogP contribution in [0.25, 0.3) is 0 Å². The number of amides is 5. The van der Waals surface area contributed by atoms with Crippen LogP contribution in [0.4, 0.5) is 16.2 Å². The lowest BCUT2D eigenvalue weighted by molar-refractivity contribution is -0.142. The molecule has 0 unspecified atom stereocenters. The number of benzene rings is 2. The predicted molar refractivity (Wildman–Crippen MR) is 167 cm³/mol. The quantitative estimate of drug-likeness (QED) is 0.263. The van der Waals surface area contributed by atoms with Gasteiger partial charge >= 0.3 is 12.0 Å². The summed E-state index contributed by atoms with van der Waals surface area (Å²) in [6.45, 7) is 5.51. The van der Waals surface area contributed by atoms with Gasteiger partial charge in [-0.1, -0.05) is 31.2 Å². The van der Waals surface area contributed by atoms with Crippen molar-refractivity contribution >= 4 is 41.1 Å². The summed E-state index contributed by atoms with van der Waals surface area (Å²) in [7, 11) is 1.47. The number of carboxylic acid groups (broad SMARTS) is 1. The van der Waals surface area contributed by atoms with Crippen LogP contribution in [0.2, 0.25) is 0 Å². The van der Waals surface area contributed by atoms with Gasteiger partial charge in [-0.05, 0) is 55.5 Å². The minimum atomic E-state index is -1.02. The van der Waals surface area contributed by atoms with Crippen molar-refractivity contribution in [2.75, 3.05) is 57.0 Å². The van der Waals surface area contributed by atoms with Crippen molar-refractivity contribution in [3.8, 4) is 5.75 Å². The maximum Gasteiger partial charge on any atom is 0.323 e. The van der Waals surface area contributed by atoms with E-state index in [-0.39, 0.29) is 43.7 Å². The molecule has 1 aliphatic rings. The maximum absolute atomic E-state index is 13.3. The highest BCUT2D eigenvalue weighted by Crippen LogP contribution is 2.26. The summed E-state index contributed by atoms with van der Waals surface area (Å²) >= 11 is 0. The molecule has 0 aromatic heterocycles. The SMILES string of the molecule is CCCN(CC(=O)N(CCCN1CCCC1=O)CCC(=O)O)C(=O)Cc1ccc(NC(=O)Nc2ccccc2C)c(OC)c1. The summed E-state index contributed by atoms with van der Waals surface area (Å²) in [6.07, 6.45) is 2.31. The molecule has 3 rings (SSSR count). The number of carbonyl (C=O) groups is 5. The summed E-state index contributed by atoms with van der Waals surface area (Å²) in [5.74, 6) is -1.14. The number of aliphatic carboxylic acids is 1. The van der Waals surface area contributed by atoms with Crippen LogP contribution in [0.3, 0.4) is 0 Å². The molecule has 3 N–H and O–H groups in total. The van der Waals surface area contributed by atoms with E-state index in [1.54, 1.807) is 29.2 Å². The van der Waals surface area contributed by atoms with Gasteiger partial charge in [-0.15, -0.1) is 0 Å². The van der Waals surface area contributed by atoms with E-state index in [9.17, 15) is 29.1 Å². The Morgan fingerprint density at radius 2 is 1.73 bits per heavy atom. The molecule has 238 valence electrons. The molecule has 1 heterocycles. The highest BCUT2D eigenvalue weighted by Gasteiger charge is 2.24. The number of aryl methyl sites for hydroxylation is 1. The molecule has 44 heavy (non-hydrogen) atoms. The van der Waals surface area contributed by atoms with Crippen LogP contribution < -0.4 is 15.4 Å². The number of nitrogens with zero attached hydrogens (tertiary/aromatic N) is 3. The summed E-state index contributed by atoms with van der Waals surface area (Å²) in [4.78, 5) is 67.1. The zero-order valence-corrected chi connectivity index (χ0v) is 25.8. The standard InChI is InChI=1S/C32H43N5O7/c1-4-15-37(22-30(40)36(19-14-31(41)42)18-8-17-35-16-7-11-28(35)38)29(39)21-24-12-13-26(27(20-24)44-3)34-32(43)33-25-10-6-5-9-23(25)2/h5-6,9-10,12-13,20H,4,7-8,11,14-19,21-22H2,1-3H3,(H,41,42)(H2,33,34,43). The average molecular weight is 610 g/mol. The van der Waals surface area contributed by atoms with Crippen LogP contribution in [0.5, 0.6) is 5.75 Å². The third-order valence-electron chi connectivity index (χ3n) is 7.41. The van der Waals surface area contributed by atoms with Crippen molar-refractivity contribution in [3.05, 3.63) is 53.6 Å². The summed E-state index contributed by atoms with van der Waals surface area (Å²) in [6, 6.07) is 12.0. The van der Waals surface area contributed by atoms with Gasteiger partial charge in [0.15, 0.2) is 0 Å². The Morgan fingerprint density at radius 3 is 2.39 bits per heavy atom. The van der Waals surface area contributed by atoms with Crippen LogP contribution in [-0.4, -0.2) is 95.9 Å². The first-order valence-corrected chi connectivity index (χ1v) is 15.0. The number of anilines is 2. The van der Waals surface area contributed by atoms with Gasteiger partial charge in [0.2, 0.25) is 17.7 Å². The van der Waals surface area contributed by atoms with Crippen molar-refractivity contribution in [3.63, 3.8) is 0 Å². The third-order valence-corrected chi connectivity index (χ3v) is 7.41. The normalized spacial score (nSPS) is 12.5. The molecule has 0 saturated carbocycles. The fourth-order valence-electron chi connectivity index (χ4n) is 5.03. The first-order chi connectivity index (χ1) is 21.1. The number of rotatable bonds is 16. The highest BCUT2D eigenvalue weighted by atomic mass is 16.5.